The van der Waals surface area contributed by atoms with Crippen molar-refractivity contribution in [3.05, 3.63) is 23.4 Å². The van der Waals surface area contributed by atoms with Crippen LogP contribution in [-0.2, 0) is 6.18 Å². The molecule has 0 aliphatic heterocycles. The Hall–Kier alpha value is -1.61. The molecule has 0 aliphatic rings. The van der Waals surface area contributed by atoms with E-state index in [0.29, 0.717) is 0 Å². The Morgan fingerprint density at radius 3 is 1.94 bits per heavy atom. The maximum atomic E-state index is 12.2. The van der Waals surface area contributed by atoms with E-state index in [1.807, 2.05) is 0 Å². The summed E-state index contributed by atoms with van der Waals surface area (Å²) in [6.07, 6.45) is -13.9. The Morgan fingerprint density at radius 1 is 1.00 bits per heavy atom. The molecule has 1 aromatic heterocycles. The smallest absolute Gasteiger partial charge is 0.388 e. The molecule has 0 unspecified atom stereocenters. The average Bonchev–Trinajstić information content (AvgIpc) is 2.12. The zero-order valence-electron chi connectivity index (χ0n) is 8.11. The Kier molecular flexibility index (Phi) is 3.67. The third-order valence-electron chi connectivity index (χ3n) is 1.59. The van der Waals surface area contributed by atoms with Gasteiger partial charge in [-0.25, -0.2) is 13.8 Å². The molecule has 102 valence electrons. The van der Waals surface area contributed by atoms with Gasteiger partial charge in [-0.1, -0.05) is 0 Å². The number of nitrogens with zero attached hydrogens (tertiary/aromatic N) is 1. The van der Waals surface area contributed by atoms with Crippen molar-refractivity contribution in [2.24, 2.45) is 0 Å². The van der Waals surface area contributed by atoms with Crippen molar-refractivity contribution >= 4 is 0 Å². The maximum Gasteiger partial charge on any atom is 0.574 e. The van der Waals surface area contributed by atoms with Crippen LogP contribution in [0.2, 0.25) is 0 Å². The fourth-order valence-electron chi connectivity index (χ4n) is 0.967. The van der Waals surface area contributed by atoms with Crippen molar-refractivity contribution in [1.29, 1.82) is 0 Å². The standard InChI is InChI=1S/C8H3F8NO/c9-6(10)3-1-4(7(11,12)13)17-5(2-3)18-8(14,15)16/h1-2,6H. The van der Waals surface area contributed by atoms with Crippen LogP contribution in [0.15, 0.2) is 12.1 Å². The van der Waals surface area contributed by atoms with E-state index in [-0.39, 0.29) is 12.1 Å². The highest BCUT2D eigenvalue weighted by molar-refractivity contribution is 5.27. The van der Waals surface area contributed by atoms with E-state index in [1.54, 1.807) is 0 Å². The normalized spacial score (nSPS) is 12.9. The topological polar surface area (TPSA) is 22.1 Å². The van der Waals surface area contributed by atoms with Crippen molar-refractivity contribution in [3.63, 3.8) is 0 Å². The third kappa shape index (κ3) is 4.00. The van der Waals surface area contributed by atoms with Crippen LogP contribution in [0, 0.1) is 0 Å². The Balaban J connectivity index is 3.23. The molecule has 1 aromatic rings. The lowest BCUT2D eigenvalue weighted by atomic mass is 10.2. The SMILES string of the molecule is FC(F)c1cc(OC(F)(F)F)nc(C(F)(F)F)c1. The van der Waals surface area contributed by atoms with E-state index in [9.17, 15) is 35.1 Å². The van der Waals surface area contributed by atoms with Gasteiger partial charge in [0, 0.05) is 11.6 Å². The number of ether oxygens (including phenoxy) is 1. The van der Waals surface area contributed by atoms with E-state index in [2.05, 4.69) is 9.72 Å². The molecule has 0 amide bonds. The zero-order chi connectivity index (χ0) is 14.1. The molecule has 0 aromatic carbocycles. The number of aromatic nitrogens is 1. The summed E-state index contributed by atoms with van der Waals surface area (Å²) in [5.41, 5.74) is -3.16. The number of rotatable bonds is 2. The molecule has 10 heteroatoms. The molecular formula is C8H3F8NO. The molecule has 0 fully saturated rings. The summed E-state index contributed by atoms with van der Waals surface area (Å²) in [4.78, 5) is 2.47. The predicted octanol–water partition coefficient (Wildman–Crippen LogP) is 3.94. The van der Waals surface area contributed by atoms with Gasteiger partial charge in [0.05, 0.1) is 0 Å². The van der Waals surface area contributed by atoms with E-state index < -0.39 is 36.1 Å². The molecule has 18 heavy (non-hydrogen) atoms. The second-order valence-electron chi connectivity index (χ2n) is 2.97. The van der Waals surface area contributed by atoms with E-state index in [4.69, 9.17) is 0 Å². The molecule has 1 heterocycles. The summed E-state index contributed by atoms with van der Waals surface area (Å²) in [6, 6.07) is 0.0430. The number of pyridine rings is 1. The van der Waals surface area contributed by atoms with Gasteiger partial charge in [0.2, 0.25) is 5.88 Å². The molecule has 1 rings (SSSR count). The lowest BCUT2D eigenvalue weighted by Crippen LogP contribution is -2.19. The van der Waals surface area contributed by atoms with Crippen LogP contribution < -0.4 is 4.74 Å². The van der Waals surface area contributed by atoms with Crippen molar-refractivity contribution in [2.45, 2.75) is 19.0 Å². The first kappa shape index (κ1) is 14.5. The summed E-state index contributed by atoms with van der Waals surface area (Å²) in [5.74, 6) is -1.59. The fourth-order valence-corrected chi connectivity index (χ4v) is 0.967. The minimum absolute atomic E-state index is 0.0477. The van der Waals surface area contributed by atoms with Crippen molar-refractivity contribution < 1.29 is 39.9 Å². The van der Waals surface area contributed by atoms with Crippen LogP contribution in [0.4, 0.5) is 35.1 Å². The molecule has 0 aliphatic carbocycles. The van der Waals surface area contributed by atoms with Crippen LogP contribution in [0.5, 0.6) is 5.88 Å². The van der Waals surface area contributed by atoms with Crippen molar-refractivity contribution in [3.8, 4) is 5.88 Å². The summed E-state index contributed by atoms with van der Waals surface area (Å²) in [6.45, 7) is 0. The molecule has 2 nitrogen and oxygen atoms in total. The Labute approximate surface area is 94.2 Å². The highest BCUT2D eigenvalue weighted by atomic mass is 19.4. The first-order valence-electron chi connectivity index (χ1n) is 4.12. The van der Waals surface area contributed by atoms with Crippen molar-refractivity contribution in [2.75, 3.05) is 0 Å². The number of hydrogen-bond donors (Lipinski definition) is 0. The van der Waals surface area contributed by atoms with Crippen LogP contribution >= 0.6 is 0 Å². The minimum atomic E-state index is -5.32. The molecule has 0 atom stereocenters. The van der Waals surface area contributed by atoms with Crippen LogP contribution in [0.3, 0.4) is 0 Å². The van der Waals surface area contributed by atoms with Gasteiger partial charge in [-0.05, 0) is 6.07 Å². The molecule has 0 bridgehead atoms. The van der Waals surface area contributed by atoms with Gasteiger partial charge in [-0.2, -0.15) is 13.2 Å². The van der Waals surface area contributed by atoms with Crippen LogP contribution in [0.25, 0.3) is 0 Å². The number of halogens is 8. The van der Waals surface area contributed by atoms with Crippen LogP contribution in [0.1, 0.15) is 17.7 Å². The molecule has 0 spiro atoms. The lowest BCUT2D eigenvalue weighted by Gasteiger charge is -2.12. The summed E-state index contributed by atoms with van der Waals surface area (Å²) >= 11 is 0. The predicted molar refractivity (Wildman–Crippen MR) is 40.9 cm³/mol. The summed E-state index contributed by atoms with van der Waals surface area (Å²) in [5, 5.41) is 0. The van der Waals surface area contributed by atoms with Gasteiger partial charge < -0.3 is 4.74 Å². The second-order valence-corrected chi connectivity index (χ2v) is 2.97. The van der Waals surface area contributed by atoms with E-state index in [0.717, 1.165) is 0 Å². The first-order chi connectivity index (χ1) is 7.99. The Bertz CT molecular complexity index is 424. The van der Waals surface area contributed by atoms with E-state index in [1.165, 1.54) is 0 Å². The van der Waals surface area contributed by atoms with Crippen LogP contribution in [-0.4, -0.2) is 11.3 Å². The highest BCUT2D eigenvalue weighted by Crippen LogP contribution is 2.33. The highest BCUT2D eigenvalue weighted by Gasteiger charge is 2.37. The molecule has 0 saturated heterocycles. The minimum Gasteiger partial charge on any atom is -0.388 e. The average molecular weight is 281 g/mol. The quantitative estimate of drug-likeness (QED) is 0.766. The summed E-state index contributed by atoms with van der Waals surface area (Å²) in [7, 11) is 0. The van der Waals surface area contributed by atoms with Gasteiger partial charge in [0.15, 0.2) is 0 Å². The zero-order valence-corrected chi connectivity index (χ0v) is 8.11. The maximum absolute atomic E-state index is 12.2. The lowest BCUT2D eigenvalue weighted by molar-refractivity contribution is -0.276. The number of hydrogen-bond acceptors (Lipinski definition) is 2. The molecule has 0 N–H and O–H groups in total. The fraction of sp³-hybridized carbons (Fsp3) is 0.375. The molecule has 0 saturated carbocycles. The first-order valence-corrected chi connectivity index (χ1v) is 4.12. The Morgan fingerprint density at radius 2 is 1.56 bits per heavy atom. The van der Waals surface area contributed by atoms with Gasteiger partial charge in [0.25, 0.3) is 6.43 Å². The summed E-state index contributed by atoms with van der Waals surface area (Å²) < 4.78 is 99.4. The van der Waals surface area contributed by atoms with Gasteiger partial charge in [-0.15, -0.1) is 13.2 Å². The molecular weight excluding hydrogens is 278 g/mol. The van der Waals surface area contributed by atoms with Crippen molar-refractivity contribution in [1.82, 2.24) is 4.98 Å². The third-order valence-corrected chi connectivity index (χ3v) is 1.59. The monoisotopic (exact) mass is 281 g/mol. The van der Waals surface area contributed by atoms with Gasteiger partial charge in [0.1, 0.15) is 5.69 Å². The number of alkyl halides is 8. The van der Waals surface area contributed by atoms with E-state index >= 15 is 0 Å². The second kappa shape index (κ2) is 4.58. The molecule has 0 radical (unpaired) electrons. The largest absolute Gasteiger partial charge is 0.574 e. The van der Waals surface area contributed by atoms with Gasteiger partial charge in [-0.3, -0.25) is 0 Å². The van der Waals surface area contributed by atoms with Gasteiger partial charge >= 0.3 is 12.5 Å².